The van der Waals surface area contributed by atoms with E-state index in [1.54, 1.807) is 12.1 Å². The molecule has 1 fully saturated rings. The van der Waals surface area contributed by atoms with Crippen molar-refractivity contribution in [1.29, 1.82) is 0 Å². The summed E-state index contributed by atoms with van der Waals surface area (Å²) in [6.45, 7) is 8.85. The minimum absolute atomic E-state index is 0.0306. The van der Waals surface area contributed by atoms with Crippen molar-refractivity contribution in [2.75, 3.05) is 19.6 Å². The van der Waals surface area contributed by atoms with Gasteiger partial charge in [-0.05, 0) is 106 Å². The van der Waals surface area contributed by atoms with Crippen molar-refractivity contribution in [2.45, 2.75) is 78.0 Å². The molecule has 44 heavy (non-hydrogen) atoms. The number of amides is 1. The zero-order valence-electron chi connectivity index (χ0n) is 26.0. The molecule has 0 radical (unpaired) electrons. The quantitative estimate of drug-likeness (QED) is 0.151. The van der Waals surface area contributed by atoms with Gasteiger partial charge in [-0.15, -0.1) is 0 Å². The van der Waals surface area contributed by atoms with Gasteiger partial charge in [0.05, 0.1) is 28.1 Å². The molecule has 1 aliphatic rings. The van der Waals surface area contributed by atoms with Crippen molar-refractivity contribution in [1.82, 2.24) is 14.8 Å². The fourth-order valence-corrected chi connectivity index (χ4v) is 6.68. The highest BCUT2D eigenvalue weighted by atomic mass is 35.5. The lowest BCUT2D eigenvalue weighted by Gasteiger charge is -2.32. The third-order valence-corrected chi connectivity index (χ3v) is 9.37. The first-order valence-corrected chi connectivity index (χ1v) is 16.9. The van der Waals surface area contributed by atoms with Crippen molar-refractivity contribution in [3.63, 3.8) is 0 Å². The van der Waals surface area contributed by atoms with Gasteiger partial charge in [0.1, 0.15) is 5.75 Å². The largest absolute Gasteiger partial charge is 0.489 e. The number of aromatic nitrogens is 1. The molecule has 0 unspecified atom stereocenters. The molecule has 2 heterocycles. The maximum Gasteiger partial charge on any atom is 0.224 e. The van der Waals surface area contributed by atoms with Crippen LogP contribution < -0.4 is 10.1 Å². The normalized spacial score (nSPS) is 14.4. The van der Waals surface area contributed by atoms with Gasteiger partial charge in [0.2, 0.25) is 5.91 Å². The number of ether oxygens (including phenoxy) is 1. The van der Waals surface area contributed by atoms with Crippen LogP contribution in [0.1, 0.15) is 62.6 Å². The van der Waals surface area contributed by atoms with Crippen LogP contribution in [0.4, 0.5) is 0 Å². The Morgan fingerprint density at radius 2 is 1.73 bits per heavy atom. The lowest BCUT2D eigenvalue weighted by atomic mass is 9.90. The summed E-state index contributed by atoms with van der Waals surface area (Å²) in [5, 5.41) is 5.11. The van der Waals surface area contributed by atoms with Crippen LogP contribution in [-0.2, 0) is 30.7 Å². The molecule has 0 aliphatic carbocycles. The summed E-state index contributed by atoms with van der Waals surface area (Å²) in [7, 11) is 0. The van der Waals surface area contributed by atoms with Crippen molar-refractivity contribution in [3.8, 4) is 5.75 Å². The first-order chi connectivity index (χ1) is 21.4. The number of carbonyl (C=O) groups is 1. The van der Waals surface area contributed by atoms with Crippen molar-refractivity contribution in [3.05, 3.63) is 99.7 Å². The van der Waals surface area contributed by atoms with Crippen LogP contribution in [-0.4, -0.2) is 41.1 Å². The number of benzene rings is 3. The average molecular weight is 635 g/mol. The van der Waals surface area contributed by atoms with E-state index in [0.29, 0.717) is 23.0 Å². The molecule has 1 saturated heterocycles. The second-order valence-corrected chi connectivity index (χ2v) is 13.2. The fraction of sp³-hybridized carbons (Fsp3) is 0.432. The summed E-state index contributed by atoms with van der Waals surface area (Å²) < 4.78 is 8.52. The monoisotopic (exact) mass is 633 g/mol. The van der Waals surface area contributed by atoms with Gasteiger partial charge in [-0.25, -0.2) is 0 Å². The van der Waals surface area contributed by atoms with E-state index in [9.17, 15) is 4.79 Å². The fourth-order valence-electron chi connectivity index (χ4n) is 6.35. The number of rotatable bonds is 14. The highest BCUT2D eigenvalue weighted by molar-refractivity contribution is 6.42. The van der Waals surface area contributed by atoms with E-state index in [0.717, 1.165) is 53.2 Å². The number of hydrogen-bond acceptors (Lipinski definition) is 3. The maximum atomic E-state index is 13.0. The number of carbonyl (C=O) groups excluding carboxylic acids is 1. The van der Waals surface area contributed by atoms with Gasteiger partial charge in [0.25, 0.3) is 0 Å². The van der Waals surface area contributed by atoms with Crippen LogP contribution in [0.25, 0.3) is 10.9 Å². The molecule has 1 N–H and O–H groups in total. The zero-order chi connectivity index (χ0) is 30.9. The summed E-state index contributed by atoms with van der Waals surface area (Å²) in [6, 6.07) is 22.4. The first-order valence-electron chi connectivity index (χ1n) is 16.1. The zero-order valence-corrected chi connectivity index (χ0v) is 27.5. The van der Waals surface area contributed by atoms with Gasteiger partial charge < -0.3 is 19.5 Å². The Labute approximate surface area is 272 Å². The van der Waals surface area contributed by atoms with E-state index < -0.39 is 0 Å². The van der Waals surface area contributed by atoms with Gasteiger partial charge in [-0.2, -0.15) is 0 Å². The summed E-state index contributed by atoms with van der Waals surface area (Å²) in [4.78, 5) is 15.6. The minimum Gasteiger partial charge on any atom is -0.489 e. The highest BCUT2D eigenvalue weighted by Crippen LogP contribution is 2.32. The summed E-state index contributed by atoms with van der Waals surface area (Å²) in [6.07, 6.45) is 9.98. The van der Waals surface area contributed by atoms with Gasteiger partial charge in [0, 0.05) is 24.7 Å². The van der Waals surface area contributed by atoms with Crippen LogP contribution in [0.5, 0.6) is 5.75 Å². The summed E-state index contributed by atoms with van der Waals surface area (Å²) in [5.74, 6) is 1.69. The summed E-state index contributed by atoms with van der Waals surface area (Å²) >= 11 is 12.2. The first kappa shape index (κ1) is 32.4. The Balaban J connectivity index is 1.16. The molecule has 0 atom stereocenters. The average Bonchev–Trinajstić information content (AvgIpc) is 3.36. The Kier molecular flexibility index (Phi) is 11.7. The van der Waals surface area contributed by atoms with E-state index in [1.165, 1.54) is 50.8 Å². The summed E-state index contributed by atoms with van der Waals surface area (Å²) in [5.41, 5.74) is 4.46. The SMILES string of the molecule is CC(C)Oc1cccc2c(CC(=O)NCc3ccc(Cl)c(Cl)c3)cn(CCCN3CCC(CCCc4ccccc4)CC3)c12. The lowest BCUT2D eigenvalue weighted by molar-refractivity contribution is -0.120. The Morgan fingerprint density at radius 1 is 0.932 bits per heavy atom. The van der Waals surface area contributed by atoms with E-state index >= 15 is 0 Å². The number of hydrogen-bond donors (Lipinski definition) is 1. The number of likely N-dealkylation sites (tertiary alicyclic amines) is 1. The van der Waals surface area contributed by atoms with Crippen LogP contribution in [0.2, 0.25) is 10.0 Å². The number of nitrogens with zero attached hydrogens (tertiary/aromatic N) is 2. The molecule has 5 nitrogen and oxygen atoms in total. The number of halogens is 2. The third-order valence-electron chi connectivity index (χ3n) is 8.63. The van der Waals surface area contributed by atoms with Gasteiger partial charge >= 0.3 is 0 Å². The van der Waals surface area contributed by atoms with Crippen molar-refractivity contribution < 1.29 is 9.53 Å². The number of nitrogens with one attached hydrogen (secondary N) is 1. The van der Waals surface area contributed by atoms with Gasteiger partial charge in [-0.3, -0.25) is 4.79 Å². The number of piperidine rings is 1. The molecule has 1 amide bonds. The van der Waals surface area contributed by atoms with E-state index in [4.69, 9.17) is 27.9 Å². The Hall–Kier alpha value is -2.99. The van der Waals surface area contributed by atoms with E-state index in [2.05, 4.69) is 71.2 Å². The molecule has 1 aliphatic heterocycles. The molecular formula is C37H45Cl2N3O2. The standard InChI is InChI=1S/C37H45Cl2N3O2/c1-27(2)44-35-14-7-13-32-31(24-36(43)40-25-30-15-16-33(38)34(39)23-30)26-42(37(32)35)20-8-19-41-21-17-29(18-22-41)12-6-11-28-9-4-3-5-10-28/h3-5,7,9-10,13-16,23,26-27,29H,6,8,11-12,17-22,24-25H2,1-2H3,(H,40,43). The highest BCUT2D eigenvalue weighted by Gasteiger charge is 2.20. The molecule has 3 aromatic carbocycles. The second-order valence-electron chi connectivity index (χ2n) is 12.4. The molecule has 4 aromatic rings. The lowest BCUT2D eigenvalue weighted by Crippen LogP contribution is -2.34. The Morgan fingerprint density at radius 3 is 2.48 bits per heavy atom. The minimum atomic E-state index is -0.0306. The maximum absolute atomic E-state index is 13.0. The molecule has 234 valence electrons. The van der Waals surface area contributed by atoms with Crippen LogP contribution in [0.3, 0.4) is 0 Å². The molecule has 7 heteroatoms. The topological polar surface area (TPSA) is 46.5 Å². The molecule has 1 aromatic heterocycles. The van der Waals surface area contributed by atoms with Gasteiger partial charge in [0.15, 0.2) is 0 Å². The van der Waals surface area contributed by atoms with Crippen molar-refractivity contribution in [2.24, 2.45) is 5.92 Å². The second kappa shape index (κ2) is 15.8. The van der Waals surface area contributed by atoms with Crippen LogP contribution in [0.15, 0.2) is 72.9 Å². The smallest absolute Gasteiger partial charge is 0.224 e. The molecule has 0 saturated carbocycles. The van der Waals surface area contributed by atoms with E-state index in [1.807, 2.05) is 18.2 Å². The molecule has 0 bridgehead atoms. The van der Waals surface area contributed by atoms with Crippen LogP contribution >= 0.6 is 23.2 Å². The molecule has 0 spiro atoms. The Bertz CT molecular complexity index is 1510. The van der Waals surface area contributed by atoms with E-state index in [-0.39, 0.29) is 12.0 Å². The van der Waals surface area contributed by atoms with Gasteiger partial charge in [-0.1, -0.05) is 78.2 Å². The molecule has 5 rings (SSSR count). The third kappa shape index (κ3) is 9.03. The number of aryl methyl sites for hydroxylation is 2. The van der Waals surface area contributed by atoms with Crippen LogP contribution in [0, 0.1) is 5.92 Å². The predicted molar refractivity (Wildman–Crippen MR) is 183 cm³/mol. The van der Waals surface area contributed by atoms with Crippen molar-refractivity contribution >= 4 is 40.0 Å². The number of para-hydroxylation sites is 1. The number of fused-ring (bicyclic) bond motifs is 1. The molecular weight excluding hydrogens is 589 g/mol. The predicted octanol–water partition coefficient (Wildman–Crippen LogP) is 8.72.